The van der Waals surface area contributed by atoms with E-state index in [0.717, 1.165) is 16.7 Å². The van der Waals surface area contributed by atoms with Crippen molar-refractivity contribution < 1.29 is 23.5 Å². The molecular formula is C26H26ClN5O5S. The molecular weight excluding hydrogens is 530 g/mol. The van der Waals surface area contributed by atoms with Crippen molar-refractivity contribution in [1.82, 2.24) is 19.7 Å². The number of aliphatic hydroxyl groups excluding tert-OH is 1. The van der Waals surface area contributed by atoms with Crippen LogP contribution in [0.3, 0.4) is 0 Å². The normalized spacial score (nSPS) is 24.3. The zero-order valence-electron chi connectivity index (χ0n) is 20.6. The Morgan fingerprint density at radius 3 is 2.42 bits per heavy atom. The number of aliphatic hydroxyl groups is 1. The van der Waals surface area contributed by atoms with Crippen LogP contribution in [-0.4, -0.2) is 75.2 Å². The largest absolute Gasteiger partial charge is 0.456 e. The van der Waals surface area contributed by atoms with E-state index in [0.29, 0.717) is 40.2 Å². The van der Waals surface area contributed by atoms with Crippen LogP contribution in [0.1, 0.15) is 0 Å². The fourth-order valence-corrected chi connectivity index (χ4v) is 5.50. The molecule has 0 bridgehead atoms. The first-order chi connectivity index (χ1) is 18.3. The van der Waals surface area contributed by atoms with Gasteiger partial charge in [0.05, 0.1) is 35.1 Å². The Kier molecular flexibility index (Phi) is 6.58. The molecule has 1 unspecified atom stereocenters. The standard InChI is InChI=1S/C26H26ClN5O5S/c1-28-38(2,34)32-17-9-7-15(8-10-17)14-3-5-16(6-4-14)22-18(27)11-19-25(30-22)31-26(29-19)37-21-13-36-23-20(33)12-35-24(21)23/h3-11,20-21,23-24,33H,12-13H2,1-2H3,(H,28,32,34)(H,29,30,31)/t20-,21-,23-,24-,38?/m0/s1. The highest BCUT2D eigenvalue weighted by Gasteiger charge is 2.48. The first-order valence-electron chi connectivity index (χ1n) is 12.1. The molecule has 38 heavy (non-hydrogen) atoms. The Labute approximate surface area is 224 Å². The molecule has 2 aliphatic heterocycles. The van der Waals surface area contributed by atoms with Gasteiger partial charge in [-0.25, -0.2) is 13.9 Å². The summed E-state index contributed by atoms with van der Waals surface area (Å²) in [7, 11) is -0.824. The zero-order valence-corrected chi connectivity index (χ0v) is 22.2. The summed E-state index contributed by atoms with van der Waals surface area (Å²) in [5.74, 6) is 0. The van der Waals surface area contributed by atoms with Gasteiger partial charge >= 0.3 is 0 Å². The lowest BCUT2D eigenvalue weighted by Gasteiger charge is -2.15. The molecule has 0 aliphatic carbocycles. The highest BCUT2D eigenvalue weighted by molar-refractivity contribution is 7.91. The second kappa shape index (κ2) is 9.92. The number of hydrogen-bond acceptors (Lipinski definition) is 8. The Bertz CT molecular complexity index is 1600. The summed E-state index contributed by atoms with van der Waals surface area (Å²) in [5, 5.41) is 10.4. The summed E-state index contributed by atoms with van der Waals surface area (Å²) in [6, 6.07) is 17.5. The fraction of sp³-hybridized carbons (Fsp3) is 0.308. The van der Waals surface area contributed by atoms with E-state index >= 15 is 0 Å². The first-order valence-corrected chi connectivity index (χ1v) is 14.4. The molecule has 2 aromatic heterocycles. The zero-order chi connectivity index (χ0) is 26.4. The lowest BCUT2D eigenvalue weighted by atomic mass is 10.0. The van der Waals surface area contributed by atoms with Crippen molar-refractivity contribution in [3.05, 3.63) is 59.6 Å². The molecule has 6 rings (SSSR count). The molecule has 0 radical (unpaired) electrons. The Morgan fingerprint density at radius 1 is 1.05 bits per heavy atom. The van der Waals surface area contributed by atoms with Gasteiger partial charge in [-0.2, -0.15) is 9.35 Å². The molecule has 4 heterocycles. The first kappa shape index (κ1) is 25.2. The minimum Gasteiger partial charge on any atom is -0.456 e. The Balaban J connectivity index is 1.21. The van der Waals surface area contributed by atoms with Gasteiger partial charge in [-0.05, 0) is 36.4 Å². The third kappa shape index (κ3) is 4.89. The van der Waals surface area contributed by atoms with Gasteiger partial charge in [0.2, 0.25) is 0 Å². The SMILES string of the molecule is CNS(C)(=O)=Nc1ccc(-c2ccc(-c3nc4nc(O[C@H]5CO[C@@H]6[C@H]5OC[C@@H]6O)[nH]c4cc3Cl)cc2)cc1. The maximum atomic E-state index is 12.2. The van der Waals surface area contributed by atoms with Crippen molar-refractivity contribution >= 4 is 38.4 Å². The van der Waals surface area contributed by atoms with E-state index < -0.39 is 16.0 Å². The van der Waals surface area contributed by atoms with Crippen molar-refractivity contribution in [2.45, 2.75) is 24.4 Å². The molecule has 3 N–H and O–H groups in total. The van der Waals surface area contributed by atoms with Gasteiger partial charge in [0.25, 0.3) is 6.01 Å². The molecule has 2 saturated heterocycles. The van der Waals surface area contributed by atoms with E-state index in [9.17, 15) is 9.32 Å². The van der Waals surface area contributed by atoms with Gasteiger partial charge in [-0.3, -0.25) is 0 Å². The molecule has 0 saturated carbocycles. The van der Waals surface area contributed by atoms with Crippen molar-refractivity contribution in [3.63, 3.8) is 0 Å². The van der Waals surface area contributed by atoms with Crippen molar-refractivity contribution in [2.75, 3.05) is 26.5 Å². The third-order valence-corrected chi connectivity index (χ3v) is 8.27. The van der Waals surface area contributed by atoms with E-state index in [1.807, 2.05) is 48.5 Å². The van der Waals surface area contributed by atoms with Crippen LogP contribution >= 0.6 is 11.6 Å². The monoisotopic (exact) mass is 555 g/mol. The van der Waals surface area contributed by atoms with E-state index in [1.54, 1.807) is 19.4 Å². The number of aromatic amines is 1. The number of imidazole rings is 1. The summed E-state index contributed by atoms with van der Waals surface area (Å²) in [6.45, 7) is 0.538. The van der Waals surface area contributed by atoms with Gasteiger partial charge in [0.15, 0.2) is 11.8 Å². The minimum absolute atomic E-state index is 0.230. The summed E-state index contributed by atoms with van der Waals surface area (Å²) >= 11 is 6.59. The minimum atomic E-state index is -2.45. The van der Waals surface area contributed by atoms with Crippen LogP contribution in [0.4, 0.5) is 5.69 Å². The van der Waals surface area contributed by atoms with E-state index in [2.05, 4.69) is 24.0 Å². The van der Waals surface area contributed by atoms with Crippen molar-refractivity contribution in [1.29, 1.82) is 0 Å². The number of ether oxygens (including phenoxy) is 3. The lowest BCUT2D eigenvalue weighted by Crippen LogP contribution is -2.34. The van der Waals surface area contributed by atoms with Crippen molar-refractivity contribution in [3.8, 4) is 28.4 Å². The molecule has 5 atom stereocenters. The van der Waals surface area contributed by atoms with Crippen molar-refractivity contribution in [2.24, 2.45) is 4.36 Å². The van der Waals surface area contributed by atoms with Crippen LogP contribution in [0.25, 0.3) is 33.5 Å². The summed E-state index contributed by atoms with van der Waals surface area (Å²) in [6.07, 6.45) is -0.184. The molecule has 2 aliphatic rings. The molecule has 0 amide bonds. The third-order valence-electron chi connectivity index (χ3n) is 6.67. The molecule has 10 nitrogen and oxygen atoms in total. The van der Waals surface area contributed by atoms with Gasteiger partial charge in [0.1, 0.15) is 28.2 Å². The van der Waals surface area contributed by atoms with Crippen LogP contribution < -0.4 is 9.46 Å². The van der Waals surface area contributed by atoms with Crippen LogP contribution in [-0.2, 0) is 19.4 Å². The smallest absolute Gasteiger partial charge is 0.296 e. The quantitative estimate of drug-likeness (QED) is 0.330. The molecule has 198 valence electrons. The predicted molar refractivity (Wildman–Crippen MR) is 145 cm³/mol. The summed E-state index contributed by atoms with van der Waals surface area (Å²) in [5.41, 5.74) is 5.23. The second-order valence-corrected chi connectivity index (χ2v) is 11.9. The van der Waals surface area contributed by atoms with Crippen LogP contribution in [0, 0.1) is 0 Å². The average molecular weight is 556 g/mol. The number of nitrogens with one attached hydrogen (secondary N) is 2. The maximum absolute atomic E-state index is 12.2. The molecule has 2 fully saturated rings. The van der Waals surface area contributed by atoms with Gasteiger partial charge in [0, 0.05) is 11.8 Å². The van der Waals surface area contributed by atoms with Gasteiger partial charge in [-0.1, -0.05) is 48.0 Å². The fourth-order valence-electron chi connectivity index (χ4n) is 4.62. The molecule has 12 heteroatoms. The van der Waals surface area contributed by atoms with Crippen LogP contribution in [0.5, 0.6) is 6.01 Å². The number of aromatic nitrogens is 3. The number of hydrogen-bond donors (Lipinski definition) is 3. The number of fused-ring (bicyclic) bond motifs is 2. The number of halogens is 1. The van der Waals surface area contributed by atoms with Gasteiger partial charge < -0.3 is 24.3 Å². The highest BCUT2D eigenvalue weighted by atomic mass is 35.5. The topological polar surface area (TPSA) is 131 Å². The molecule has 0 spiro atoms. The predicted octanol–water partition coefficient (Wildman–Crippen LogP) is 3.71. The Morgan fingerprint density at radius 2 is 1.71 bits per heavy atom. The van der Waals surface area contributed by atoms with Crippen LogP contribution in [0.15, 0.2) is 59.0 Å². The molecule has 2 aromatic carbocycles. The number of benzene rings is 2. The molecule has 4 aromatic rings. The van der Waals surface area contributed by atoms with E-state index in [4.69, 9.17) is 25.8 Å². The summed E-state index contributed by atoms with van der Waals surface area (Å²) in [4.78, 5) is 12.3. The highest BCUT2D eigenvalue weighted by Crippen LogP contribution is 2.33. The number of pyridine rings is 1. The van der Waals surface area contributed by atoms with Crippen LogP contribution in [0.2, 0.25) is 5.02 Å². The van der Waals surface area contributed by atoms with E-state index in [1.165, 1.54) is 0 Å². The Hall–Kier alpha value is -3.06. The number of rotatable bonds is 6. The summed E-state index contributed by atoms with van der Waals surface area (Å²) < 4.78 is 36.3. The number of nitrogens with zero attached hydrogens (tertiary/aromatic N) is 3. The number of H-pyrrole nitrogens is 1. The van der Waals surface area contributed by atoms with Gasteiger partial charge in [-0.15, -0.1) is 0 Å². The van der Waals surface area contributed by atoms with E-state index in [-0.39, 0.29) is 24.9 Å². The second-order valence-electron chi connectivity index (χ2n) is 9.27. The lowest BCUT2D eigenvalue weighted by molar-refractivity contribution is 0.00706. The maximum Gasteiger partial charge on any atom is 0.296 e. The average Bonchev–Trinajstić information content (AvgIpc) is 3.60.